The number of ether oxygens (including phenoxy) is 1. The Kier molecular flexibility index (Phi) is 4.93. The fraction of sp³-hybridized carbons (Fsp3) is 0.333. The van der Waals surface area contributed by atoms with Crippen molar-refractivity contribution in [1.82, 2.24) is 5.32 Å². The van der Waals surface area contributed by atoms with Gasteiger partial charge in [-0.15, -0.1) is 0 Å². The highest BCUT2D eigenvalue weighted by atomic mass is 16.5. The van der Waals surface area contributed by atoms with Gasteiger partial charge in [0.1, 0.15) is 34.0 Å². The highest BCUT2D eigenvalue weighted by Gasteiger charge is 2.56. The van der Waals surface area contributed by atoms with E-state index in [9.17, 15) is 29.4 Å². The summed E-state index contributed by atoms with van der Waals surface area (Å²) in [6.45, 7) is 5.57. The maximum atomic E-state index is 13.5. The van der Waals surface area contributed by atoms with E-state index in [4.69, 9.17) is 9.84 Å². The van der Waals surface area contributed by atoms with Gasteiger partial charge in [0, 0.05) is 23.9 Å². The molecule has 4 N–H and O–H groups in total. The standard InChI is InChI=1S/C21H21NO8/c1-8-17(27)15(10(3)23)19-16(18(8)28)21(4)12(30-19)7-11(24)14(20(21)29)9(2)22-6-5-13(25)26/h7,22,27-28H,5-6H2,1-4H3,(H,25,26)/b14-9+/t21-/m1/s1. The van der Waals surface area contributed by atoms with Gasteiger partial charge in [-0.05, 0) is 27.7 Å². The number of aromatic hydroxyl groups is 2. The van der Waals surface area contributed by atoms with Crippen LogP contribution in [0.4, 0.5) is 0 Å². The zero-order valence-electron chi connectivity index (χ0n) is 16.9. The summed E-state index contributed by atoms with van der Waals surface area (Å²) < 4.78 is 5.66. The average molecular weight is 415 g/mol. The molecule has 0 aromatic heterocycles. The minimum atomic E-state index is -1.60. The molecule has 2 aliphatic rings. The van der Waals surface area contributed by atoms with Crippen molar-refractivity contribution in [3.63, 3.8) is 0 Å². The van der Waals surface area contributed by atoms with E-state index < -0.39 is 40.2 Å². The number of carbonyl (C=O) groups excluding carboxylic acids is 3. The first kappa shape index (κ1) is 21.1. The highest BCUT2D eigenvalue weighted by Crippen LogP contribution is 2.57. The van der Waals surface area contributed by atoms with E-state index >= 15 is 0 Å². The molecule has 9 nitrogen and oxygen atoms in total. The highest BCUT2D eigenvalue weighted by molar-refractivity contribution is 6.31. The Balaban J connectivity index is 2.21. The SMILES string of the molecule is CC(=O)c1c(O)c(C)c(O)c2c1OC1=CC(=O)/C(=C(/C)NCCC(=O)O)C(=O)[C@]12C. The smallest absolute Gasteiger partial charge is 0.305 e. The molecule has 0 fully saturated rings. The molecule has 0 saturated heterocycles. The molecule has 1 aliphatic carbocycles. The number of carboxylic acids is 1. The Morgan fingerprint density at radius 3 is 2.37 bits per heavy atom. The predicted octanol–water partition coefficient (Wildman–Crippen LogP) is 1.63. The monoisotopic (exact) mass is 415 g/mol. The van der Waals surface area contributed by atoms with Gasteiger partial charge >= 0.3 is 5.97 Å². The summed E-state index contributed by atoms with van der Waals surface area (Å²) >= 11 is 0. The molecule has 158 valence electrons. The summed E-state index contributed by atoms with van der Waals surface area (Å²) in [6, 6.07) is 0. The van der Waals surface area contributed by atoms with E-state index in [1.807, 2.05) is 0 Å². The lowest BCUT2D eigenvalue weighted by Gasteiger charge is -2.29. The summed E-state index contributed by atoms with van der Waals surface area (Å²) in [4.78, 5) is 48.9. The molecule has 30 heavy (non-hydrogen) atoms. The van der Waals surface area contributed by atoms with Gasteiger partial charge in [-0.25, -0.2) is 0 Å². The quantitative estimate of drug-likeness (QED) is 0.320. The number of phenols is 2. The van der Waals surface area contributed by atoms with E-state index in [1.54, 1.807) is 0 Å². The average Bonchev–Trinajstić information content (AvgIpc) is 2.93. The van der Waals surface area contributed by atoms with Gasteiger partial charge < -0.3 is 25.4 Å². The van der Waals surface area contributed by atoms with E-state index in [0.29, 0.717) is 0 Å². The van der Waals surface area contributed by atoms with Gasteiger partial charge in [0.05, 0.1) is 17.6 Å². The number of Topliss-reactive ketones (excluding diaryl/α,β-unsaturated/α-hetero) is 2. The van der Waals surface area contributed by atoms with Crippen LogP contribution in [-0.2, 0) is 19.8 Å². The fourth-order valence-electron chi connectivity index (χ4n) is 3.81. The molecule has 1 heterocycles. The van der Waals surface area contributed by atoms with E-state index in [0.717, 1.165) is 6.08 Å². The van der Waals surface area contributed by atoms with Crippen LogP contribution in [0.1, 0.15) is 48.7 Å². The summed E-state index contributed by atoms with van der Waals surface area (Å²) in [7, 11) is 0. The number of carbonyl (C=O) groups is 4. The first-order valence-electron chi connectivity index (χ1n) is 9.18. The van der Waals surface area contributed by atoms with Crippen molar-refractivity contribution in [3.05, 3.63) is 39.8 Å². The Labute approximate surface area is 171 Å². The van der Waals surface area contributed by atoms with E-state index in [-0.39, 0.29) is 52.4 Å². The number of fused-ring (bicyclic) bond motifs is 3. The van der Waals surface area contributed by atoms with Gasteiger partial charge in [-0.2, -0.15) is 0 Å². The minimum absolute atomic E-state index is 0.00239. The van der Waals surface area contributed by atoms with Gasteiger partial charge in [0.25, 0.3) is 0 Å². The number of hydrogen-bond acceptors (Lipinski definition) is 8. The maximum Gasteiger partial charge on any atom is 0.305 e. The third-order valence-corrected chi connectivity index (χ3v) is 5.49. The van der Waals surface area contributed by atoms with Gasteiger partial charge in [0.2, 0.25) is 0 Å². The van der Waals surface area contributed by atoms with Crippen molar-refractivity contribution in [1.29, 1.82) is 0 Å². The van der Waals surface area contributed by atoms with Crippen LogP contribution in [0.5, 0.6) is 17.2 Å². The second-order valence-electron chi connectivity index (χ2n) is 7.46. The fourth-order valence-corrected chi connectivity index (χ4v) is 3.81. The molecule has 0 bridgehead atoms. The summed E-state index contributed by atoms with van der Waals surface area (Å²) in [5, 5.41) is 32.6. The third kappa shape index (κ3) is 2.85. The Morgan fingerprint density at radius 2 is 1.80 bits per heavy atom. The number of benzene rings is 1. The normalized spacial score (nSPS) is 21.4. The minimum Gasteiger partial charge on any atom is -0.507 e. The van der Waals surface area contributed by atoms with Gasteiger partial charge in [-0.3, -0.25) is 19.2 Å². The van der Waals surface area contributed by atoms with Gasteiger partial charge in [-0.1, -0.05) is 0 Å². The summed E-state index contributed by atoms with van der Waals surface area (Å²) in [5.41, 5.74) is -1.77. The lowest BCUT2D eigenvalue weighted by atomic mass is 9.70. The van der Waals surface area contributed by atoms with Crippen LogP contribution in [0.3, 0.4) is 0 Å². The molecule has 1 atom stereocenters. The summed E-state index contributed by atoms with van der Waals surface area (Å²) in [6.07, 6.45) is 0.896. The second kappa shape index (κ2) is 7.01. The number of ketones is 3. The van der Waals surface area contributed by atoms with Gasteiger partial charge in [0.15, 0.2) is 17.3 Å². The number of phenolic OH excluding ortho intramolecular Hbond substituents is 2. The van der Waals surface area contributed by atoms with Crippen molar-refractivity contribution in [2.24, 2.45) is 0 Å². The molecule has 0 spiro atoms. The van der Waals surface area contributed by atoms with Crippen molar-refractivity contribution < 1.29 is 39.2 Å². The lowest BCUT2D eigenvalue weighted by molar-refractivity contribution is -0.136. The van der Waals surface area contributed by atoms with Crippen LogP contribution in [0.15, 0.2) is 23.1 Å². The van der Waals surface area contributed by atoms with Crippen LogP contribution in [0, 0.1) is 6.92 Å². The maximum absolute atomic E-state index is 13.5. The Bertz CT molecular complexity index is 1090. The number of hydrogen-bond donors (Lipinski definition) is 4. The lowest BCUT2D eigenvalue weighted by Crippen LogP contribution is -2.41. The number of nitrogens with one attached hydrogen (secondary N) is 1. The van der Waals surface area contributed by atoms with Crippen LogP contribution >= 0.6 is 0 Å². The molecular formula is C21H21NO8. The van der Waals surface area contributed by atoms with Crippen LogP contribution in [-0.4, -0.2) is 45.2 Å². The number of rotatable bonds is 5. The van der Waals surface area contributed by atoms with Crippen LogP contribution in [0.2, 0.25) is 0 Å². The molecule has 1 aliphatic heterocycles. The molecule has 0 saturated carbocycles. The first-order chi connectivity index (χ1) is 13.9. The molecule has 1 aromatic carbocycles. The first-order valence-corrected chi connectivity index (χ1v) is 9.18. The van der Waals surface area contributed by atoms with Crippen LogP contribution < -0.4 is 10.1 Å². The third-order valence-electron chi connectivity index (χ3n) is 5.49. The zero-order valence-corrected chi connectivity index (χ0v) is 16.9. The molecule has 0 unspecified atom stereocenters. The molecule has 0 radical (unpaired) electrons. The molecule has 1 aromatic rings. The zero-order chi connectivity index (χ0) is 22.5. The van der Waals surface area contributed by atoms with Crippen molar-refractivity contribution in [2.45, 2.75) is 39.5 Å². The molecule has 9 heteroatoms. The number of allylic oxidation sites excluding steroid dienone is 4. The predicted molar refractivity (Wildman–Crippen MR) is 104 cm³/mol. The van der Waals surface area contributed by atoms with Crippen molar-refractivity contribution in [2.75, 3.05) is 6.54 Å². The number of aliphatic carboxylic acids is 1. The van der Waals surface area contributed by atoms with Crippen molar-refractivity contribution >= 4 is 23.3 Å². The molecular weight excluding hydrogens is 394 g/mol. The second-order valence-corrected chi connectivity index (χ2v) is 7.46. The Morgan fingerprint density at radius 1 is 1.17 bits per heavy atom. The van der Waals surface area contributed by atoms with E-state index in [1.165, 1.54) is 27.7 Å². The van der Waals surface area contributed by atoms with Crippen molar-refractivity contribution in [3.8, 4) is 17.2 Å². The topological polar surface area (TPSA) is 150 Å². The van der Waals surface area contributed by atoms with Crippen LogP contribution in [0.25, 0.3) is 0 Å². The number of carboxylic acid groups (broad SMARTS) is 1. The largest absolute Gasteiger partial charge is 0.507 e. The molecule has 3 rings (SSSR count). The summed E-state index contributed by atoms with van der Waals surface area (Å²) in [5.74, 6) is -3.96. The van der Waals surface area contributed by atoms with E-state index in [2.05, 4.69) is 5.32 Å². The molecule has 0 amide bonds. The Hall–Kier alpha value is -3.62.